The fraction of sp³-hybridized carbons (Fsp3) is 0.188. The Bertz CT molecular complexity index is 754. The Morgan fingerprint density at radius 2 is 1.92 bits per heavy atom. The molecule has 0 radical (unpaired) electrons. The minimum Gasteiger partial charge on any atom is -0.406 e. The van der Waals surface area contributed by atoms with Gasteiger partial charge in [-0.1, -0.05) is 23.7 Å². The quantitative estimate of drug-likeness (QED) is 0.725. The molecule has 2 rings (SSSR count). The number of carbonyl (C=O) groups excluding carboxylic acids is 1. The van der Waals surface area contributed by atoms with Crippen LogP contribution in [0.15, 0.2) is 42.5 Å². The van der Waals surface area contributed by atoms with Gasteiger partial charge in [-0.3, -0.25) is 0 Å². The normalized spacial score (nSPS) is 11.1. The van der Waals surface area contributed by atoms with Crippen molar-refractivity contribution in [3.8, 4) is 5.75 Å². The molecule has 0 saturated carbocycles. The van der Waals surface area contributed by atoms with E-state index in [1.165, 1.54) is 18.2 Å². The molecule has 5 nitrogen and oxygen atoms in total. The molecule has 0 aliphatic carbocycles. The molecular weight excluding hydrogens is 361 g/mol. The highest BCUT2D eigenvalue weighted by molar-refractivity contribution is 6.31. The Labute approximate surface area is 146 Å². The summed E-state index contributed by atoms with van der Waals surface area (Å²) >= 11 is 5.89. The summed E-state index contributed by atoms with van der Waals surface area (Å²) < 4.78 is 40.5. The van der Waals surface area contributed by atoms with E-state index in [4.69, 9.17) is 16.7 Å². The molecule has 0 heterocycles. The molecule has 0 fully saturated rings. The molecule has 0 atom stereocenters. The van der Waals surface area contributed by atoms with Crippen LogP contribution in [0.5, 0.6) is 5.75 Å². The first-order valence-corrected chi connectivity index (χ1v) is 7.48. The monoisotopic (exact) mass is 374 g/mol. The second kappa shape index (κ2) is 8.09. The molecule has 2 aromatic carbocycles. The van der Waals surface area contributed by atoms with Crippen molar-refractivity contribution in [3.05, 3.63) is 53.1 Å². The fourth-order valence-corrected chi connectivity index (χ4v) is 2.23. The first-order valence-electron chi connectivity index (χ1n) is 7.10. The van der Waals surface area contributed by atoms with Crippen molar-refractivity contribution in [2.45, 2.75) is 12.8 Å². The van der Waals surface area contributed by atoms with Crippen molar-refractivity contribution in [2.24, 2.45) is 0 Å². The van der Waals surface area contributed by atoms with Crippen LogP contribution in [0.3, 0.4) is 0 Å². The van der Waals surface area contributed by atoms with Gasteiger partial charge < -0.3 is 20.5 Å². The van der Waals surface area contributed by atoms with Gasteiger partial charge in [-0.25, -0.2) is 4.79 Å². The van der Waals surface area contributed by atoms with Gasteiger partial charge in [-0.05, 0) is 36.2 Å². The van der Waals surface area contributed by atoms with E-state index in [9.17, 15) is 18.0 Å². The highest BCUT2D eigenvalue weighted by atomic mass is 35.5. The summed E-state index contributed by atoms with van der Waals surface area (Å²) in [6.07, 6.45) is -4.51. The van der Waals surface area contributed by atoms with Crippen LogP contribution >= 0.6 is 11.6 Å². The second-order valence-corrected chi connectivity index (χ2v) is 5.37. The van der Waals surface area contributed by atoms with Crippen LogP contribution in [0.1, 0.15) is 5.56 Å². The number of benzene rings is 2. The highest BCUT2D eigenvalue weighted by Crippen LogP contribution is 2.26. The Balaban J connectivity index is 2.08. The number of aliphatic hydroxyl groups excluding tert-OH is 1. The van der Waals surface area contributed by atoms with Crippen molar-refractivity contribution >= 4 is 29.0 Å². The third-order valence-electron chi connectivity index (χ3n) is 3.03. The number of anilines is 2. The molecule has 0 spiro atoms. The predicted octanol–water partition coefficient (Wildman–Crippen LogP) is 4.42. The molecule has 0 aromatic heterocycles. The molecule has 0 aliphatic rings. The average molecular weight is 375 g/mol. The maximum absolute atomic E-state index is 12.2. The van der Waals surface area contributed by atoms with Crippen molar-refractivity contribution < 1.29 is 27.8 Å². The van der Waals surface area contributed by atoms with Gasteiger partial charge in [0, 0.05) is 29.1 Å². The number of ether oxygens (including phenoxy) is 1. The van der Waals surface area contributed by atoms with Crippen molar-refractivity contribution in [2.75, 3.05) is 17.2 Å². The number of hydrogen-bond donors (Lipinski definition) is 3. The Hall–Kier alpha value is -2.45. The van der Waals surface area contributed by atoms with E-state index < -0.39 is 18.1 Å². The van der Waals surface area contributed by atoms with E-state index in [1.807, 2.05) is 0 Å². The maximum Gasteiger partial charge on any atom is 0.573 e. The van der Waals surface area contributed by atoms with Crippen molar-refractivity contribution in [3.63, 3.8) is 0 Å². The summed E-state index contributed by atoms with van der Waals surface area (Å²) in [6.45, 7) is -0.116. The Kier molecular flexibility index (Phi) is 6.11. The smallest absolute Gasteiger partial charge is 0.406 e. The highest BCUT2D eigenvalue weighted by Gasteiger charge is 2.31. The lowest BCUT2D eigenvalue weighted by atomic mass is 10.1. The molecule has 25 heavy (non-hydrogen) atoms. The number of urea groups is 1. The number of hydrogen-bond acceptors (Lipinski definition) is 3. The third-order valence-corrected chi connectivity index (χ3v) is 3.26. The van der Waals surface area contributed by atoms with Gasteiger partial charge >= 0.3 is 12.4 Å². The van der Waals surface area contributed by atoms with Gasteiger partial charge in [0.25, 0.3) is 0 Å². The number of aliphatic hydroxyl groups is 1. The standard InChI is InChI=1S/C16H14ClF3N2O3/c17-11-5-4-10(6-7-23)14(8-11)22-15(24)21-12-2-1-3-13(9-12)25-16(18,19)20/h1-5,8-9,23H,6-7H2,(H2,21,22,24). The van der Waals surface area contributed by atoms with Crippen LogP contribution in [0.2, 0.25) is 5.02 Å². The summed E-state index contributed by atoms with van der Waals surface area (Å²) in [6, 6.07) is 9.00. The SMILES string of the molecule is O=C(Nc1cccc(OC(F)(F)F)c1)Nc1cc(Cl)ccc1CCO. The van der Waals surface area contributed by atoms with Gasteiger partial charge in [0.15, 0.2) is 0 Å². The van der Waals surface area contributed by atoms with Gasteiger partial charge in [0.2, 0.25) is 0 Å². The number of alkyl halides is 3. The van der Waals surface area contributed by atoms with Crippen LogP contribution in [0, 0.1) is 0 Å². The maximum atomic E-state index is 12.2. The average Bonchev–Trinajstić information content (AvgIpc) is 2.48. The van der Waals surface area contributed by atoms with Gasteiger partial charge in [0.05, 0.1) is 0 Å². The summed E-state index contributed by atoms with van der Waals surface area (Å²) in [5.41, 5.74) is 1.17. The minimum absolute atomic E-state index is 0.116. The molecular formula is C16H14ClF3N2O3. The van der Waals surface area contributed by atoms with Crippen LogP contribution < -0.4 is 15.4 Å². The molecule has 3 N–H and O–H groups in total. The van der Waals surface area contributed by atoms with Crippen molar-refractivity contribution in [1.29, 1.82) is 0 Å². The summed E-state index contributed by atoms with van der Waals surface area (Å²) in [5.74, 6) is -0.450. The van der Waals surface area contributed by atoms with Crippen molar-refractivity contribution in [1.82, 2.24) is 0 Å². The number of carbonyl (C=O) groups is 1. The lowest BCUT2D eigenvalue weighted by Gasteiger charge is -2.13. The lowest BCUT2D eigenvalue weighted by molar-refractivity contribution is -0.274. The summed E-state index contributed by atoms with van der Waals surface area (Å²) in [4.78, 5) is 12.1. The third kappa shape index (κ3) is 6.17. The number of amides is 2. The number of rotatable bonds is 5. The van der Waals surface area contributed by atoms with E-state index in [-0.39, 0.29) is 12.3 Å². The molecule has 9 heteroatoms. The summed E-state index contributed by atoms with van der Waals surface area (Å²) in [5, 5.41) is 14.4. The van der Waals surface area contributed by atoms with Crippen LogP contribution in [0.25, 0.3) is 0 Å². The predicted molar refractivity (Wildman–Crippen MR) is 88.0 cm³/mol. The van der Waals surface area contributed by atoms with E-state index in [1.54, 1.807) is 12.1 Å². The Morgan fingerprint density at radius 3 is 2.60 bits per heavy atom. The molecule has 134 valence electrons. The van der Waals surface area contributed by atoms with Crippen LogP contribution in [-0.4, -0.2) is 24.1 Å². The molecule has 0 unspecified atom stereocenters. The zero-order chi connectivity index (χ0) is 18.4. The fourth-order valence-electron chi connectivity index (χ4n) is 2.06. The van der Waals surface area contributed by atoms with E-state index in [2.05, 4.69) is 15.4 Å². The van der Waals surface area contributed by atoms with E-state index in [0.29, 0.717) is 22.7 Å². The number of halogens is 4. The first-order chi connectivity index (χ1) is 11.8. The van der Waals surface area contributed by atoms with Crippen LogP contribution in [-0.2, 0) is 6.42 Å². The largest absolute Gasteiger partial charge is 0.573 e. The van der Waals surface area contributed by atoms with Gasteiger partial charge in [0.1, 0.15) is 5.75 Å². The molecule has 0 bridgehead atoms. The van der Waals surface area contributed by atoms with E-state index >= 15 is 0 Å². The second-order valence-electron chi connectivity index (χ2n) is 4.93. The van der Waals surface area contributed by atoms with Gasteiger partial charge in [-0.2, -0.15) is 0 Å². The Morgan fingerprint density at radius 1 is 1.16 bits per heavy atom. The lowest BCUT2D eigenvalue weighted by Crippen LogP contribution is -2.21. The summed E-state index contributed by atoms with van der Waals surface area (Å²) in [7, 11) is 0. The zero-order valence-electron chi connectivity index (χ0n) is 12.7. The first kappa shape index (κ1) is 18.9. The minimum atomic E-state index is -4.82. The van der Waals surface area contributed by atoms with Crippen LogP contribution in [0.4, 0.5) is 29.3 Å². The van der Waals surface area contributed by atoms with E-state index in [0.717, 1.165) is 12.1 Å². The molecule has 0 aliphatic heterocycles. The zero-order valence-corrected chi connectivity index (χ0v) is 13.5. The number of nitrogens with one attached hydrogen (secondary N) is 2. The van der Waals surface area contributed by atoms with Gasteiger partial charge in [-0.15, -0.1) is 13.2 Å². The molecule has 0 saturated heterocycles. The topological polar surface area (TPSA) is 70.6 Å². The molecule has 2 amide bonds. The molecule has 2 aromatic rings.